The van der Waals surface area contributed by atoms with Gasteiger partial charge in [-0.05, 0) is 61.5 Å². The van der Waals surface area contributed by atoms with Crippen LogP contribution in [0.25, 0.3) is 0 Å². The van der Waals surface area contributed by atoms with Crippen LogP contribution in [0.2, 0.25) is 5.02 Å². The molecule has 1 amide bonds. The van der Waals surface area contributed by atoms with Crippen molar-refractivity contribution in [3.8, 4) is 11.5 Å². The van der Waals surface area contributed by atoms with E-state index < -0.39 is 0 Å². The van der Waals surface area contributed by atoms with Crippen molar-refractivity contribution in [2.75, 3.05) is 11.9 Å². The lowest BCUT2D eigenvalue weighted by Crippen LogP contribution is -2.19. The first-order valence-electron chi connectivity index (χ1n) is 8.10. The molecular weight excluding hydrogens is 354 g/mol. The smallest absolute Gasteiger partial charge is 0.274 e. The van der Waals surface area contributed by atoms with E-state index in [0.717, 1.165) is 5.75 Å². The van der Waals surface area contributed by atoms with Crippen LogP contribution >= 0.6 is 11.6 Å². The fourth-order valence-electron chi connectivity index (χ4n) is 2.29. The minimum absolute atomic E-state index is 0.112. The molecular formula is C19H18ClN3O3. The highest BCUT2D eigenvalue weighted by Gasteiger charge is 2.13. The van der Waals surface area contributed by atoms with E-state index in [9.17, 15) is 4.79 Å². The largest absolute Gasteiger partial charge is 0.494 e. The topological polar surface area (TPSA) is 65.4 Å². The summed E-state index contributed by atoms with van der Waals surface area (Å²) < 4.78 is 12.5. The number of nitrogens with one attached hydrogen (secondary N) is 1. The van der Waals surface area contributed by atoms with Crippen molar-refractivity contribution in [2.45, 2.75) is 13.7 Å². The van der Waals surface area contributed by atoms with Crippen LogP contribution in [0.1, 0.15) is 17.4 Å². The van der Waals surface area contributed by atoms with Gasteiger partial charge in [-0.1, -0.05) is 11.6 Å². The molecule has 0 aliphatic carbocycles. The van der Waals surface area contributed by atoms with Gasteiger partial charge in [-0.25, -0.2) is 4.68 Å². The summed E-state index contributed by atoms with van der Waals surface area (Å²) in [6, 6.07) is 15.8. The molecule has 0 saturated heterocycles. The summed E-state index contributed by atoms with van der Waals surface area (Å²) in [5.74, 6) is 1.13. The number of hydrogen-bond acceptors (Lipinski definition) is 4. The maximum absolute atomic E-state index is 12.5. The van der Waals surface area contributed by atoms with Gasteiger partial charge in [0.25, 0.3) is 5.91 Å². The highest BCUT2D eigenvalue weighted by Crippen LogP contribution is 2.18. The van der Waals surface area contributed by atoms with Gasteiger partial charge >= 0.3 is 0 Å². The Morgan fingerprint density at radius 2 is 1.69 bits per heavy atom. The van der Waals surface area contributed by atoms with Crippen LogP contribution in [0, 0.1) is 0 Å². The molecule has 134 valence electrons. The van der Waals surface area contributed by atoms with E-state index in [1.54, 1.807) is 60.8 Å². The Hall–Kier alpha value is -2.99. The first-order valence-corrected chi connectivity index (χ1v) is 8.48. The predicted molar refractivity (Wildman–Crippen MR) is 99.9 cm³/mol. The number of carbonyl (C=O) groups excluding carboxylic acids is 1. The molecule has 0 saturated carbocycles. The summed E-state index contributed by atoms with van der Waals surface area (Å²) >= 11 is 5.85. The van der Waals surface area contributed by atoms with Gasteiger partial charge < -0.3 is 14.8 Å². The predicted octanol–water partition coefficient (Wildman–Crippen LogP) is 4.22. The lowest BCUT2D eigenvalue weighted by Gasteiger charge is -2.10. The average Bonchev–Trinajstić information content (AvgIpc) is 3.12. The molecule has 7 heteroatoms. The molecule has 0 atom stereocenters. The molecule has 0 fully saturated rings. The number of nitrogens with zero attached hydrogens (tertiary/aromatic N) is 2. The summed E-state index contributed by atoms with van der Waals surface area (Å²) in [6.45, 7) is 2.63. The number of halogens is 1. The molecule has 0 bridgehead atoms. The Labute approximate surface area is 156 Å². The third kappa shape index (κ3) is 4.55. The molecule has 1 heterocycles. The zero-order valence-electron chi connectivity index (χ0n) is 14.2. The quantitative estimate of drug-likeness (QED) is 0.675. The van der Waals surface area contributed by atoms with Crippen LogP contribution in [-0.4, -0.2) is 22.3 Å². The van der Waals surface area contributed by atoms with E-state index in [4.69, 9.17) is 21.1 Å². The minimum Gasteiger partial charge on any atom is -0.494 e. The van der Waals surface area contributed by atoms with Gasteiger partial charge in [-0.2, -0.15) is 5.10 Å². The van der Waals surface area contributed by atoms with Gasteiger partial charge in [-0.15, -0.1) is 0 Å². The molecule has 1 aromatic heterocycles. The van der Waals surface area contributed by atoms with Crippen LogP contribution in [0.4, 0.5) is 5.69 Å². The number of aromatic nitrogens is 2. The number of rotatable bonds is 7. The van der Waals surface area contributed by atoms with Gasteiger partial charge in [0.15, 0.2) is 6.73 Å². The Balaban J connectivity index is 1.63. The number of anilines is 1. The van der Waals surface area contributed by atoms with Gasteiger partial charge in [0.2, 0.25) is 0 Å². The highest BCUT2D eigenvalue weighted by molar-refractivity contribution is 6.30. The number of carbonyl (C=O) groups is 1. The zero-order chi connectivity index (χ0) is 18.4. The number of hydrogen-bond donors (Lipinski definition) is 1. The van der Waals surface area contributed by atoms with Gasteiger partial charge in [0.05, 0.1) is 6.61 Å². The molecule has 1 N–H and O–H groups in total. The van der Waals surface area contributed by atoms with Gasteiger partial charge in [0, 0.05) is 16.9 Å². The lowest BCUT2D eigenvalue weighted by molar-refractivity contribution is 0.100. The van der Waals surface area contributed by atoms with E-state index in [-0.39, 0.29) is 12.6 Å². The van der Waals surface area contributed by atoms with E-state index in [0.29, 0.717) is 28.8 Å². The Morgan fingerprint density at radius 1 is 1.04 bits per heavy atom. The second kappa shape index (κ2) is 8.40. The maximum Gasteiger partial charge on any atom is 0.274 e. The molecule has 3 rings (SSSR count). The average molecular weight is 372 g/mol. The summed E-state index contributed by atoms with van der Waals surface area (Å²) in [4.78, 5) is 12.5. The first kappa shape index (κ1) is 17.8. The lowest BCUT2D eigenvalue weighted by atomic mass is 10.3. The van der Waals surface area contributed by atoms with E-state index in [1.165, 1.54) is 4.68 Å². The zero-order valence-corrected chi connectivity index (χ0v) is 14.9. The summed E-state index contributed by atoms with van der Waals surface area (Å²) in [6.07, 6.45) is 1.55. The van der Waals surface area contributed by atoms with E-state index in [2.05, 4.69) is 10.4 Å². The van der Waals surface area contributed by atoms with Gasteiger partial charge in [-0.3, -0.25) is 4.79 Å². The number of amides is 1. The van der Waals surface area contributed by atoms with E-state index >= 15 is 0 Å². The highest BCUT2D eigenvalue weighted by atomic mass is 35.5. The molecule has 6 nitrogen and oxygen atoms in total. The third-order valence-electron chi connectivity index (χ3n) is 3.54. The summed E-state index contributed by atoms with van der Waals surface area (Å²) in [7, 11) is 0. The van der Waals surface area contributed by atoms with Crippen molar-refractivity contribution < 1.29 is 14.3 Å². The van der Waals surface area contributed by atoms with Crippen LogP contribution in [0.5, 0.6) is 11.5 Å². The third-order valence-corrected chi connectivity index (χ3v) is 3.79. The monoisotopic (exact) mass is 371 g/mol. The number of ether oxygens (including phenoxy) is 2. The van der Waals surface area contributed by atoms with Crippen molar-refractivity contribution in [2.24, 2.45) is 0 Å². The van der Waals surface area contributed by atoms with Crippen molar-refractivity contribution in [3.63, 3.8) is 0 Å². The SMILES string of the molecule is CCOc1ccc(NC(=O)c2ccnn2COc2ccc(Cl)cc2)cc1. The van der Waals surface area contributed by atoms with Crippen LogP contribution < -0.4 is 14.8 Å². The van der Waals surface area contributed by atoms with Crippen molar-refractivity contribution in [1.29, 1.82) is 0 Å². The van der Waals surface area contributed by atoms with E-state index in [1.807, 2.05) is 6.92 Å². The molecule has 0 spiro atoms. The molecule has 26 heavy (non-hydrogen) atoms. The first-order chi connectivity index (χ1) is 12.7. The summed E-state index contributed by atoms with van der Waals surface area (Å²) in [5.41, 5.74) is 1.07. The molecule has 0 aliphatic rings. The van der Waals surface area contributed by atoms with Gasteiger partial charge in [0.1, 0.15) is 17.2 Å². The second-order valence-corrected chi connectivity index (χ2v) is 5.79. The molecule has 0 unspecified atom stereocenters. The van der Waals surface area contributed by atoms with Crippen molar-refractivity contribution in [1.82, 2.24) is 9.78 Å². The fraction of sp³-hybridized carbons (Fsp3) is 0.158. The Morgan fingerprint density at radius 3 is 2.38 bits per heavy atom. The molecule has 3 aromatic rings. The molecule has 0 aliphatic heterocycles. The fourth-order valence-corrected chi connectivity index (χ4v) is 2.42. The standard InChI is InChI=1S/C19H18ClN3O3/c1-2-25-16-9-5-15(6-10-16)22-19(24)18-11-12-21-23(18)13-26-17-7-3-14(20)4-8-17/h3-12H,2,13H2,1H3,(H,22,24). The Bertz CT molecular complexity index is 860. The second-order valence-electron chi connectivity index (χ2n) is 5.35. The normalized spacial score (nSPS) is 10.4. The van der Waals surface area contributed by atoms with Crippen molar-refractivity contribution >= 4 is 23.2 Å². The molecule has 0 radical (unpaired) electrons. The number of benzene rings is 2. The van der Waals surface area contributed by atoms with Crippen LogP contribution in [-0.2, 0) is 6.73 Å². The Kier molecular flexibility index (Phi) is 5.76. The van der Waals surface area contributed by atoms with Crippen LogP contribution in [0.15, 0.2) is 60.8 Å². The van der Waals surface area contributed by atoms with Crippen LogP contribution in [0.3, 0.4) is 0 Å². The molecule has 2 aromatic carbocycles. The summed E-state index contributed by atoms with van der Waals surface area (Å²) in [5, 5.41) is 7.60. The van der Waals surface area contributed by atoms with Crippen molar-refractivity contribution in [3.05, 3.63) is 71.5 Å². The maximum atomic E-state index is 12.5. The minimum atomic E-state index is -0.272.